The number of fused-ring (bicyclic) bond motifs is 4. The number of nitrogens with zero attached hydrogens (tertiary/aromatic N) is 2. The van der Waals surface area contributed by atoms with Crippen molar-refractivity contribution >= 4 is 11.5 Å². The fourth-order valence-electron chi connectivity index (χ4n) is 8.24. The Labute approximate surface area is 303 Å². The molecular formula is C39H39F3N2O9. The number of ether oxygens (including phenoxy) is 4. The molecule has 1 saturated carbocycles. The van der Waals surface area contributed by atoms with E-state index in [1.807, 2.05) is 30.3 Å². The Kier molecular flexibility index (Phi) is 9.62. The van der Waals surface area contributed by atoms with Crippen molar-refractivity contribution in [1.29, 1.82) is 0 Å². The summed E-state index contributed by atoms with van der Waals surface area (Å²) in [6, 6.07) is 18.3. The van der Waals surface area contributed by atoms with Gasteiger partial charge in [-0.1, -0.05) is 60.7 Å². The lowest BCUT2D eigenvalue weighted by atomic mass is 9.56. The van der Waals surface area contributed by atoms with Crippen LogP contribution in [-0.4, -0.2) is 65.1 Å². The molecule has 53 heavy (non-hydrogen) atoms. The topological polar surface area (TPSA) is 144 Å². The van der Waals surface area contributed by atoms with Crippen molar-refractivity contribution in [1.82, 2.24) is 10.1 Å². The quantitative estimate of drug-likeness (QED) is 0.159. The minimum Gasteiger partial charge on any atom is -0.507 e. The number of hydrogen-bond acceptors (Lipinski definition) is 11. The third-order valence-electron chi connectivity index (χ3n) is 10.5. The second-order valence-electron chi connectivity index (χ2n) is 13.8. The summed E-state index contributed by atoms with van der Waals surface area (Å²) in [6.45, 7) is -0.0397. The molecule has 0 spiro atoms. The van der Waals surface area contributed by atoms with E-state index in [1.54, 1.807) is 49.3 Å². The number of alkyl halides is 3. The normalized spacial score (nSPS) is 23.8. The zero-order chi connectivity index (χ0) is 37.8. The van der Waals surface area contributed by atoms with Gasteiger partial charge in [-0.2, -0.15) is 13.2 Å². The van der Waals surface area contributed by atoms with E-state index < -0.39 is 59.2 Å². The van der Waals surface area contributed by atoms with Crippen LogP contribution in [0.4, 0.5) is 13.2 Å². The van der Waals surface area contributed by atoms with E-state index in [4.69, 9.17) is 23.5 Å². The number of Topliss-reactive ketones (excluding diaryl/α,β-unsaturated/α-hetero) is 1. The molecule has 14 heteroatoms. The van der Waals surface area contributed by atoms with E-state index in [-0.39, 0.29) is 71.3 Å². The second-order valence-corrected chi connectivity index (χ2v) is 13.8. The van der Waals surface area contributed by atoms with Gasteiger partial charge in [-0.05, 0) is 60.8 Å². The molecule has 0 aliphatic heterocycles. The molecule has 0 amide bonds. The molecule has 3 N–H and O–H groups in total. The number of rotatable bonds is 10. The Hall–Kier alpha value is -4.73. The van der Waals surface area contributed by atoms with Crippen LogP contribution in [0.25, 0.3) is 5.76 Å². The Morgan fingerprint density at radius 1 is 1.00 bits per heavy atom. The molecule has 7 rings (SSSR count). The molecule has 3 aliphatic rings. The van der Waals surface area contributed by atoms with Crippen LogP contribution >= 0.6 is 0 Å². The largest absolute Gasteiger partial charge is 0.507 e. The molecular weight excluding hydrogens is 697 g/mol. The first kappa shape index (κ1) is 36.6. The smallest absolute Gasteiger partial charge is 0.417 e. The van der Waals surface area contributed by atoms with Gasteiger partial charge in [-0.3, -0.25) is 9.69 Å². The van der Waals surface area contributed by atoms with Crippen LogP contribution in [0.5, 0.6) is 11.6 Å². The minimum atomic E-state index is -4.94. The summed E-state index contributed by atoms with van der Waals surface area (Å²) in [5.74, 6) is -4.02. The van der Waals surface area contributed by atoms with Crippen LogP contribution in [0.15, 0.2) is 76.8 Å². The van der Waals surface area contributed by atoms with Crippen LogP contribution in [-0.2, 0) is 40.1 Å². The fourth-order valence-corrected chi connectivity index (χ4v) is 8.24. The summed E-state index contributed by atoms with van der Waals surface area (Å²) in [7, 11) is 5.78. The lowest BCUT2D eigenvalue weighted by Gasteiger charge is -2.52. The Balaban J connectivity index is 1.37. The van der Waals surface area contributed by atoms with Gasteiger partial charge in [0.2, 0.25) is 0 Å². The molecule has 1 unspecified atom stereocenters. The summed E-state index contributed by atoms with van der Waals surface area (Å²) in [5.41, 5.74) is -3.50. The number of carbonyl (C=O) groups excluding carboxylic acids is 1. The van der Waals surface area contributed by atoms with Crippen LogP contribution in [0, 0.1) is 11.8 Å². The number of hydrogen-bond donors (Lipinski definition) is 3. The summed E-state index contributed by atoms with van der Waals surface area (Å²) < 4.78 is 73.8. The predicted molar refractivity (Wildman–Crippen MR) is 182 cm³/mol. The minimum absolute atomic E-state index is 0.0254. The summed E-state index contributed by atoms with van der Waals surface area (Å²) >= 11 is 0. The van der Waals surface area contributed by atoms with Crippen LogP contribution in [0.3, 0.4) is 0 Å². The molecule has 4 aromatic rings. The maximum Gasteiger partial charge on any atom is 0.417 e. The Morgan fingerprint density at radius 3 is 2.17 bits per heavy atom. The van der Waals surface area contributed by atoms with Gasteiger partial charge < -0.3 is 38.8 Å². The van der Waals surface area contributed by atoms with Crippen molar-refractivity contribution in [3.8, 4) is 11.6 Å². The van der Waals surface area contributed by atoms with Crippen LogP contribution in [0.1, 0.15) is 69.6 Å². The van der Waals surface area contributed by atoms with Gasteiger partial charge in [0.1, 0.15) is 30.8 Å². The summed E-state index contributed by atoms with van der Waals surface area (Å²) in [6.07, 6.45) is -8.78. The van der Waals surface area contributed by atoms with Crippen molar-refractivity contribution < 1.29 is 56.8 Å². The van der Waals surface area contributed by atoms with E-state index >= 15 is 13.2 Å². The molecule has 3 aliphatic carbocycles. The number of aliphatic hydroxyl groups excluding tert-OH is 2. The van der Waals surface area contributed by atoms with Crippen molar-refractivity contribution in [2.24, 2.45) is 11.8 Å². The van der Waals surface area contributed by atoms with E-state index in [0.29, 0.717) is 5.56 Å². The van der Waals surface area contributed by atoms with E-state index in [0.717, 1.165) is 11.6 Å². The highest BCUT2D eigenvalue weighted by Gasteiger charge is 2.65. The molecule has 1 fully saturated rings. The summed E-state index contributed by atoms with van der Waals surface area (Å²) in [4.78, 5) is 16.4. The van der Waals surface area contributed by atoms with Crippen LogP contribution in [0.2, 0.25) is 0 Å². The van der Waals surface area contributed by atoms with E-state index in [1.165, 1.54) is 14.2 Å². The second kappa shape index (κ2) is 13.9. The Morgan fingerprint density at radius 2 is 1.60 bits per heavy atom. The molecule has 1 heterocycles. The fraction of sp³-hybridized carbons (Fsp3) is 0.385. The number of aliphatic hydroxyl groups is 3. The van der Waals surface area contributed by atoms with Gasteiger partial charge >= 0.3 is 6.18 Å². The first-order valence-corrected chi connectivity index (χ1v) is 17.0. The van der Waals surface area contributed by atoms with Gasteiger partial charge in [-0.25, -0.2) is 0 Å². The number of ketones is 1. The van der Waals surface area contributed by atoms with Gasteiger partial charge in [0, 0.05) is 31.3 Å². The van der Waals surface area contributed by atoms with Gasteiger partial charge in [0.15, 0.2) is 23.4 Å². The molecule has 0 radical (unpaired) electrons. The average molecular weight is 737 g/mol. The lowest BCUT2D eigenvalue weighted by molar-refractivity contribution is -0.178. The molecule has 280 valence electrons. The zero-order valence-corrected chi connectivity index (χ0v) is 29.4. The highest BCUT2D eigenvalue weighted by molar-refractivity contribution is 6.10. The highest BCUT2D eigenvalue weighted by Crippen LogP contribution is 2.60. The molecule has 1 aromatic heterocycles. The number of aromatic nitrogens is 1. The maximum atomic E-state index is 15.1. The van der Waals surface area contributed by atoms with Crippen molar-refractivity contribution in [3.63, 3.8) is 0 Å². The highest BCUT2D eigenvalue weighted by atomic mass is 19.4. The first-order chi connectivity index (χ1) is 25.3. The molecule has 11 nitrogen and oxygen atoms in total. The van der Waals surface area contributed by atoms with Gasteiger partial charge in [0.05, 0.1) is 22.7 Å². The van der Waals surface area contributed by atoms with Gasteiger partial charge in [-0.15, -0.1) is 0 Å². The van der Waals surface area contributed by atoms with Crippen molar-refractivity contribution in [2.75, 3.05) is 28.3 Å². The molecule has 3 aromatic carbocycles. The molecule has 5 atom stereocenters. The summed E-state index contributed by atoms with van der Waals surface area (Å²) in [5, 5.41) is 40.5. The van der Waals surface area contributed by atoms with Crippen molar-refractivity contribution in [3.05, 3.63) is 117 Å². The predicted octanol–water partition coefficient (Wildman–Crippen LogP) is 6.25. The SMILES string of the molecule is COC(OC)c1cc(OCc2ccccc2)c2c(c1C(F)(F)F)C[C@H]1C[C@H]3[C@H](N(C)C)c4onc(OCc5ccccc5)c4C(O)[C@@]3(O)C(=O)C1=C2O. The molecule has 0 saturated heterocycles. The standard InChI is InChI=1S/C39H39F3N2O9/c1-44(2)31-25-16-22-15-23-28(26(51-18-20-11-7-5-8-12-20)17-24(37(49-3)50-4)30(23)39(40,41)42)32(45)27(22)34(46)38(25,48)35(47)29-33(31)53-43-36(29)52-19-21-13-9-6-10-14-21/h5-14,17,22,25,31,35,37,45,47-48H,15-16,18-19H2,1-4H3/t22-,25-,31-,35?,38-/m0/s1. The number of carbonyl (C=O) groups is 1. The average Bonchev–Trinajstić information content (AvgIpc) is 3.55. The zero-order valence-electron chi connectivity index (χ0n) is 29.4. The third-order valence-corrected chi connectivity index (χ3v) is 10.5. The number of halogens is 3. The van der Waals surface area contributed by atoms with E-state index in [9.17, 15) is 20.1 Å². The first-order valence-electron chi connectivity index (χ1n) is 17.0. The molecule has 0 bridgehead atoms. The third kappa shape index (κ3) is 6.08. The maximum absolute atomic E-state index is 15.1. The Bertz CT molecular complexity index is 2030. The number of methoxy groups -OCH3 is 2. The lowest BCUT2D eigenvalue weighted by Crippen LogP contribution is -2.61. The van der Waals surface area contributed by atoms with Gasteiger partial charge in [0.25, 0.3) is 5.88 Å². The number of benzene rings is 3. The van der Waals surface area contributed by atoms with Crippen LogP contribution < -0.4 is 9.47 Å². The monoisotopic (exact) mass is 736 g/mol. The van der Waals surface area contributed by atoms with Crippen molar-refractivity contribution in [2.45, 2.75) is 56.3 Å². The van der Waals surface area contributed by atoms with E-state index in [2.05, 4.69) is 5.16 Å².